The highest BCUT2D eigenvalue weighted by molar-refractivity contribution is 5.72. The average molecular weight is 225 g/mol. The molecule has 1 heterocycles. The fourth-order valence-electron chi connectivity index (χ4n) is 0.945. The molecular weight excluding hydrogens is 206 g/mol. The number of nitrogens with two attached hydrogens (primary N) is 2. The standard InChI is InChI=1S/C6H14N2O2.C5H5N/c7-4-2-1-3-5(8)6(9)10;1-2-4-6-5-3-1/h5H,1-4,7-8H2,(H,9,10);1-5H. The summed E-state index contributed by atoms with van der Waals surface area (Å²) in [7, 11) is 0. The molecule has 0 aromatic carbocycles. The molecule has 1 rings (SSSR count). The van der Waals surface area contributed by atoms with Crippen LogP contribution in [0.3, 0.4) is 0 Å². The number of nitrogens with zero attached hydrogens (tertiary/aromatic N) is 1. The van der Waals surface area contributed by atoms with Crippen LogP contribution in [0.4, 0.5) is 0 Å². The first-order valence-electron chi connectivity index (χ1n) is 5.22. The zero-order valence-electron chi connectivity index (χ0n) is 9.25. The third kappa shape index (κ3) is 9.11. The Morgan fingerprint density at radius 2 is 1.88 bits per heavy atom. The van der Waals surface area contributed by atoms with E-state index in [4.69, 9.17) is 16.6 Å². The second-order valence-corrected chi connectivity index (χ2v) is 3.25. The van der Waals surface area contributed by atoms with Crippen molar-refractivity contribution in [2.45, 2.75) is 25.3 Å². The Balaban J connectivity index is 0.000000315. The van der Waals surface area contributed by atoms with Crippen molar-refractivity contribution in [3.05, 3.63) is 30.6 Å². The Hall–Kier alpha value is -1.46. The fourth-order valence-corrected chi connectivity index (χ4v) is 0.945. The number of aromatic nitrogens is 1. The lowest BCUT2D eigenvalue weighted by Gasteiger charge is -2.03. The third-order valence-electron chi connectivity index (χ3n) is 1.85. The molecule has 1 unspecified atom stereocenters. The minimum atomic E-state index is -0.933. The van der Waals surface area contributed by atoms with Gasteiger partial charge < -0.3 is 16.6 Å². The molecule has 5 nitrogen and oxygen atoms in total. The lowest BCUT2D eigenvalue weighted by molar-refractivity contribution is -0.138. The lowest BCUT2D eigenvalue weighted by atomic mass is 10.1. The molecule has 1 aromatic heterocycles. The van der Waals surface area contributed by atoms with E-state index in [9.17, 15) is 4.79 Å². The number of carboxylic acids is 1. The van der Waals surface area contributed by atoms with E-state index in [2.05, 4.69) is 4.98 Å². The van der Waals surface area contributed by atoms with Crippen molar-refractivity contribution in [3.8, 4) is 0 Å². The summed E-state index contributed by atoms with van der Waals surface area (Å²) in [6.07, 6.45) is 5.66. The van der Waals surface area contributed by atoms with Crippen molar-refractivity contribution in [3.63, 3.8) is 0 Å². The Morgan fingerprint density at radius 3 is 2.19 bits per heavy atom. The van der Waals surface area contributed by atoms with Crippen molar-refractivity contribution in [2.75, 3.05) is 6.54 Å². The first kappa shape index (κ1) is 14.5. The highest BCUT2D eigenvalue weighted by atomic mass is 16.4. The van der Waals surface area contributed by atoms with E-state index in [-0.39, 0.29) is 0 Å². The van der Waals surface area contributed by atoms with Gasteiger partial charge in [0.05, 0.1) is 0 Å². The van der Waals surface area contributed by atoms with Gasteiger partial charge in [0, 0.05) is 12.4 Å². The minimum Gasteiger partial charge on any atom is -0.480 e. The smallest absolute Gasteiger partial charge is 0.320 e. The zero-order chi connectivity index (χ0) is 12.2. The van der Waals surface area contributed by atoms with Gasteiger partial charge in [0.25, 0.3) is 0 Å². The van der Waals surface area contributed by atoms with E-state index in [0.717, 1.165) is 12.8 Å². The summed E-state index contributed by atoms with van der Waals surface area (Å²) in [6.45, 7) is 0.604. The largest absolute Gasteiger partial charge is 0.480 e. The summed E-state index contributed by atoms with van der Waals surface area (Å²) in [5.41, 5.74) is 10.4. The van der Waals surface area contributed by atoms with Crippen LogP contribution >= 0.6 is 0 Å². The van der Waals surface area contributed by atoms with E-state index in [1.807, 2.05) is 18.2 Å². The second kappa shape index (κ2) is 10.1. The predicted molar refractivity (Wildman–Crippen MR) is 62.8 cm³/mol. The van der Waals surface area contributed by atoms with Crippen LogP contribution in [0.1, 0.15) is 19.3 Å². The van der Waals surface area contributed by atoms with Crippen LogP contribution in [0.5, 0.6) is 0 Å². The number of aliphatic carboxylic acids is 1. The summed E-state index contributed by atoms with van der Waals surface area (Å²) in [5.74, 6) is -0.933. The molecule has 0 saturated heterocycles. The van der Waals surface area contributed by atoms with E-state index < -0.39 is 12.0 Å². The summed E-state index contributed by atoms with van der Waals surface area (Å²) in [6, 6.07) is 5.00. The number of hydrogen-bond donors (Lipinski definition) is 3. The first-order chi connectivity index (χ1) is 7.68. The van der Waals surface area contributed by atoms with Gasteiger partial charge >= 0.3 is 5.97 Å². The molecule has 5 N–H and O–H groups in total. The predicted octanol–water partition coefficient (Wildman–Crippen LogP) is 0.609. The van der Waals surface area contributed by atoms with Gasteiger partial charge in [-0.1, -0.05) is 12.5 Å². The minimum absolute atomic E-state index is 0.520. The van der Waals surface area contributed by atoms with Crippen molar-refractivity contribution in [2.24, 2.45) is 11.5 Å². The lowest BCUT2D eigenvalue weighted by Crippen LogP contribution is -2.29. The SMILES string of the molecule is NCCCCC(N)C(=O)O.c1ccncc1. The molecule has 0 fully saturated rings. The summed E-state index contributed by atoms with van der Waals surface area (Å²) >= 11 is 0. The Morgan fingerprint density at radius 1 is 1.25 bits per heavy atom. The molecule has 5 heteroatoms. The molecular formula is C11H19N3O2. The van der Waals surface area contributed by atoms with Gasteiger partial charge in [0.2, 0.25) is 0 Å². The van der Waals surface area contributed by atoms with E-state index in [1.165, 1.54) is 0 Å². The van der Waals surface area contributed by atoms with E-state index in [0.29, 0.717) is 13.0 Å². The molecule has 0 radical (unpaired) electrons. The maximum atomic E-state index is 10.1. The average Bonchev–Trinajstić information content (AvgIpc) is 2.32. The van der Waals surface area contributed by atoms with Crippen molar-refractivity contribution in [1.82, 2.24) is 4.98 Å². The monoisotopic (exact) mass is 225 g/mol. The van der Waals surface area contributed by atoms with Crippen molar-refractivity contribution >= 4 is 5.97 Å². The number of unbranched alkanes of at least 4 members (excludes halogenated alkanes) is 1. The Bertz CT molecular complexity index is 240. The number of carbonyl (C=O) groups is 1. The fraction of sp³-hybridized carbons (Fsp3) is 0.455. The van der Waals surface area contributed by atoms with Gasteiger partial charge in [0.1, 0.15) is 6.04 Å². The maximum absolute atomic E-state index is 10.1. The molecule has 0 aliphatic heterocycles. The molecule has 1 aromatic rings. The quantitative estimate of drug-likeness (QED) is 0.637. The molecule has 1 atom stereocenters. The van der Waals surface area contributed by atoms with Crippen LogP contribution < -0.4 is 11.5 Å². The number of rotatable bonds is 5. The van der Waals surface area contributed by atoms with Crippen LogP contribution in [0.2, 0.25) is 0 Å². The third-order valence-corrected chi connectivity index (χ3v) is 1.85. The normalized spacial score (nSPS) is 11.1. The van der Waals surface area contributed by atoms with Gasteiger partial charge in [-0.25, -0.2) is 0 Å². The van der Waals surface area contributed by atoms with Gasteiger partial charge in [-0.3, -0.25) is 9.78 Å². The van der Waals surface area contributed by atoms with Crippen LogP contribution in [0.25, 0.3) is 0 Å². The van der Waals surface area contributed by atoms with Crippen molar-refractivity contribution in [1.29, 1.82) is 0 Å². The molecule has 0 aliphatic rings. The van der Waals surface area contributed by atoms with Crippen molar-refractivity contribution < 1.29 is 9.90 Å². The molecule has 0 aliphatic carbocycles. The number of hydrogen-bond acceptors (Lipinski definition) is 4. The van der Waals surface area contributed by atoms with Crippen LogP contribution in [0.15, 0.2) is 30.6 Å². The summed E-state index contributed by atoms with van der Waals surface area (Å²) in [5, 5.41) is 8.33. The van der Waals surface area contributed by atoms with Crippen LogP contribution in [-0.4, -0.2) is 28.6 Å². The maximum Gasteiger partial charge on any atom is 0.320 e. The van der Waals surface area contributed by atoms with Gasteiger partial charge in [-0.05, 0) is 31.5 Å². The summed E-state index contributed by atoms with van der Waals surface area (Å²) < 4.78 is 0. The van der Waals surface area contributed by atoms with Gasteiger partial charge in [0.15, 0.2) is 0 Å². The highest BCUT2D eigenvalue weighted by Crippen LogP contribution is 1.96. The Kier molecular flexibility index (Phi) is 9.15. The second-order valence-electron chi connectivity index (χ2n) is 3.25. The Labute approximate surface area is 95.5 Å². The van der Waals surface area contributed by atoms with Crippen LogP contribution in [-0.2, 0) is 4.79 Å². The molecule has 0 saturated carbocycles. The molecule has 90 valence electrons. The van der Waals surface area contributed by atoms with E-state index in [1.54, 1.807) is 12.4 Å². The number of pyridine rings is 1. The van der Waals surface area contributed by atoms with Crippen LogP contribution in [0, 0.1) is 0 Å². The zero-order valence-corrected chi connectivity index (χ0v) is 9.25. The van der Waals surface area contributed by atoms with Gasteiger partial charge in [-0.2, -0.15) is 0 Å². The molecule has 16 heavy (non-hydrogen) atoms. The summed E-state index contributed by atoms with van der Waals surface area (Å²) in [4.78, 5) is 13.9. The molecule has 0 amide bonds. The molecule has 0 spiro atoms. The number of carboxylic acid groups (broad SMARTS) is 1. The molecule has 0 bridgehead atoms. The first-order valence-corrected chi connectivity index (χ1v) is 5.22. The van der Waals surface area contributed by atoms with E-state index >= 15 is 0 Å². The highest BCUT2D eigenvalue weighted by Gasteiger charge is 2.09. The van der Waals surface area contributed by atoms with Gasteiger partial charge in [-0.15, -0.1) is 0 Å². The topological polar surface area (TPSA) is 102 Å².